The summed E-state index contributed by atoms with van der Waals surface area (Å²) < 4.78 is 0. The lowest BCUT2D eigenvalue weighted by Gasteiger charge is -2.40. The van der Waals surface area contributed by atoms with Crippen LogP contribution < -0.4 is 15.5 Å². The highest BCUT2D eigenvalue weighted by Crippen LogP contribution is 2.38. The molecule has 7 heteroatoms. The fourth-order valence-corrected chi connectivity index (χ4v) is 3.75. The highest BCUT2D eigenvalue weighted by atomic mass is 16.2. The van der Waals surface area contributed by atoms with E-state index in [0.717, 1.165) is 17.7 Å². The predicted molar refractivity (Wildman–Crippen MR) is 104 cm³/mol. The van der Waals surface area contributed by atoms with Gasteiger partial charge < -0.3 is 15.5 Å². The van der Waals surface area contributed by atoms with Crippen LogP contribution >= 0.6 is 0 Å². The van der Waals surface area contributed by atoms with E-state index in [9.17, 15) is 14.4 Å². The highest BCUT2D eigenvalue weighted by molar-refractivity contribution is 5.98. The molecule has 0 aliphatic carbocycles. The number of hydrogen-bond donors (Lipinski definition) is 2. The second kappa shape index (κ2) is 7.98. The molecule has 146 valence electrons. The number of hydrogen-bond acceptors (Lipinski definition) is 4. The Bertz CT molecular complexity index is 736. The summed E-state index contributed by atoms with van der Waals surface area (Å²) in [6, 6.07) is 7.57. The van der Waals surface area contributed by atoms with Crippen LogP contribution in [0.15, 0.2) is 24.3 Å². The van der Waals surface area contributed by atoms with Crippen molar-refractivity contribution in [3.63, 3.8) is 0 Å². The zero-order valence-corrected chi connectivity index (χ0v) is 16.2. The van der Waals surface area contributed by atoms with Gasteiger partial charge in [-0.1, -0.05) is 25.1 Å². The minimum atomic E-state index is -0.330. The van der Waals surface area contributed by atoms with Crippen molar-refractivity contribution < 1.29 is 14.4 Å². The Morgan fingerprint density at radius 3 is 2.74 bits per heavy atom. The van der Waals surface area contributed by atoms with Gasteiger partial charge in [0.1, 0.15) is 0 Å². The van der Waals surface area contributed by atoms with Crippen LogP contribution in [0.5, 0.6) is 0 Å². The van der Waals surface area contributed by atoms with Crippen molar-refractivity contribution in [1.82, 2.24) is 15.5 Å². The molecule has 0 spiro atoms. The molecular weight excluding hydrogens is 344 g/mol. The van der Waals surface area contributed by atoms with Crippen molar-refractivity contribution in [2.75, 3.05) is 24.5 Å². The summed E-state index contributed by atoms with van der Waals surface area (Å²) in [5, 5.41) is 5.74. The van der Waals surface area contributed by atoms with Gasteiger partial charge in [-0.25, -0.2) is 4.79 Å². The largest absolute Gasteiger partial charge is 0.359 e. The fourth-order valence-electron chi connectivity index (χ4n) is 3.75. The number of para-hydroxylation sites is 1. The van der Waals surface area contributed by atoms with Gasteiger partial charge in [0, 0.05) is 30.9 Å². The molecule has 3 atom stereocenters. The van der Waals surface area contributed by atoms with E-state index in [1.165, 1.54) is 4.90 Å². The Balaban J connectivity index is 1.82. The molecule has 7 nitrogen and oxygen atoms in total. The molecule has 2 aliphatic rings. The molecule has 2 aliphatic heterocycles. The van der Waals surface area contributed by atoms with Crippen molar-refractivity contribution in [1.29, 1.82) is 0 Å². The maximum absolute atomic E-state index is 12.8. The number of urea groups is 1. The average molecular weight is 372 g/mol. The van der Waals surface area contributed by atoms with Gasteiger partial charge in [-0.2, -0.15) is 0 Å². The molecule has 27 heavy (non-hydrogen) atoms. The number of fused-ring (bicyclic) bond motifs is 1. The molecule has 1 saturated heterocycles. The molecule has 1 aromatic carbocycles. The molecule has 3 rings (SSSR count). The SMILES string of the molecule is CC[C@H](C)NC(=O)[C@H]1C[C@H](C)N(CC(=O)N2CCNC2=O)c2ccccc21. The Kier molecular flexibility index (Phi) is 5.68. The van der Waals surface area contributed by atoms with E-state index >= 15 is 0 Å². The number of nitrogens with zero attached hydrogens (tertiary/aromatic N) is 2. The molecule has 0 radical (unpaired) electrons. The molecule has 0 aromatic heterocycles. The van der Waals surface area contributed by atoms with E-state index in [0.29, 0.717) is 19.5 Å². The van der Waals surface area contributed by atoms with Crippen molar-refractivity contribution in [3.8, 4) is 0 Å². The first-order chi connectivity index (χ1) is 12.9. The summed E-state index contributed by atoms with van der Waals surface area (Å²) in [6.45, 7) is 7.10. The van der Waals surface area contributed by atoms with E-state index in [2.05, 4.69) is 10.6 Å². The van der Waals surface area contributed by atoms with Crippen LogP contribution in [0.3, 0.4) is 0 Å². The molecule has 0 saturated carbocycles. The van der Waals surface area contributed by atoms with E-state index in [1.54, 1.807) is 0 Å². The van der Waals surface area contributed by atoms with Crippen LogP contribution in [0.25, 0.3) is 0 Å². The second-order valence-electron chi connectivity index (χ2n) is 7.42. The first-order valence-corrected chi connectivity index (χ1v) is 9.66. The van der Waals surface area contributed by atoms with Gasteiger partial charge in [-0.3, -0.25) is 14.5 Å². The fraction of sp³-hybridized carbons (Fsp3) is 0.550. The zero-order valence-electron chi connectivity index (χ0n) is 16.2. The van der Waals surface area contributed by atoms with E-state index in [1.807, 2.05) is 49.9 Å². The van der Waals surface area contributed by atoms with Gasteiger partial charge in [0.15, 0.2) is 0 Å². The molecule has 0 unspecified atom stereocenters. The van der Waals surface area contributed by atoms with Crippen LogP contribution in [0, 0.1) is 0 Å². The predicted octanol–water partition coefficient (Wildman–Crippen LogP) is 1.84. The monoisotopic (exact) mass is 372 g/mol. The van der Waals surface area contributed by atoms with Crippen LogP contribution in [0.1, 0.15) is 45.1 Å². The van der Waals surface area contributed by atoms with Gasteiger partial charge in [0.2, 0.25) is 11.8 Å². The van der Waals surface area contributed by atoms with E-state index in [-0.39, 0.29) is 42.4 Å². The molecule has 0 bridgehead atoms. The van der Waals surface area contributed by atoms with Gasteiger partial charge in [0.05, 0.1) is 12.5 Å². The number of amides is 4. The van der Waals surface area contributed by atoms with Crippen LogP contribution in [0.4, 0.5) is 10.5 Å². The lowest BCUT2D eigenvalue weighted by atomic mass is 9.85. The van der Waals surface area contributed by atoms with Gasteiger partial charge in [-0.05, 0) is 38.3 Å². The van der Waals surface area contributed by atoms with Crippen LogP contribution in [0.2, 0.25) is 0 Å². The summed E-state index contributed by atoms with van der Waals surface area (Å²) in [5.74, 6) is -0.408. The molecule has 2 heterocycles. The number of nitrogens with one attached hydrogen (secondary N) is 2. The summed E-state index contributed by atoms with van der Waals surface area (Å²) in [7, 11) is 0. The third-order valence-electron chi connectivity index (χ3n) is 5.51. The van der Waals surface area contributed by atoms with E-state index < -0.39 is 0 Å². The Hall–Kier alpha value is -2.57. The molecule has 1 aromatic rings. The second-order valence-corrected chi connectivity index (χ2v) is 7.42. The zero-order chi connectivity index (χ0) is 19.6. The number of rotatable bonds is 5. The minimum Gasteiger partial charge on any atom is -0.359 e. The Morgan fingerprint density at radius 2 is 2.07 bits per heavy atom. The van der Waals surface area contributed by atoms with Crippen molar-refractivity contribution in [2.45, 2.75) is 51.6 Å². The summed E-state index contributed by atoms with van der Waals surface area (Å²) >= 11 is 0. The lowest BCUT2D eigenvalue weighted by molar-refractivity contribution is -0.126. The number of anilines is 1. The van der Waals surface area contributed by atoms with Gasteiger partial charge in [-0.15, -0.1) is 0 Å². The lowest BCUT2D eigenvalue weighted by Crippen LogP contribution is -2.49. The summed E-state index contributed by atoms with van der Waals surface area (Å²) in [6.07, 6.45) is 1.52. The first-order valence-electron chi connectivity index (χ1n) is 9.66. The first kappa shape index (κ1) is 19.2. The number of benzene rings is 1. The number of carbonyl (C=O) groups is 3. The Morgan fingerprint density at radius 1 is 1.33 bits per heavy atom. The molecular formula is C20H28N4O3. The third-order valence-corrected chi connectivity index (χ3v) is 5.51. The maximum Gasteiger partial charge on any atom is 0.324 e. The topological polar surface area (TPSA) is 81.8 Å². The smallest absolute Gasteiger partial charge is 0.324 e. The Labute approximate surface area is 160 Å². The maximum atomic E-state index is 12.8. The number of carbonyl (C=O) groups excluding carboxylic acids is 3. The van der Waals surface area contributed by atoms with Crippen molar-refractivity contribution >= 4 is 23.5 Å². The molecule has 1 fully saturated rings. The third kappa shape index (κ3) is 3.91. The van der Waals surface area contributed by atoms with Crippen LogP contribution in [-0.4, -0.2) is 54.5 Å². The number of imide groups is 1. The van der Waals surface area contributed by atoms with Crippen molar-refractivity contribution in [3.05, 3.63) is 29.8 Å². The summed E-state index contributed by atoms with van der Waals surface area (Å²) in [4.78, 5) is 40.5. The molecule has 2 N–H and O–H groups in total. The highest BCUT2D eigenvalue weighted by Gasteiger charge is 2.36. The van der Waals surface area contributed by atoms with Crippen LogP contribution in [-0.2, 0) is 9.59 Å². The van der Waals surface area contributed by atoms with Gasteiger partial charge >= 0.3 is 6.03 Å². The minimum absolute atomic E-state index is 0.0159. The normalized spacial score (nSPS) is 22.9. The van der Waals surface area contributed by atoms with Gasteiger partial charge in [0.25, 0.3) is 0 Å². The van der Waals surface area contributed by atoms with E-state index in [4.69, 9.17) is 0 Å². The quantitative estimate of drug-likeness (QED) is 0.826. The standard InChI is InChI=1S/C20H28N4O3/c1-4-13(2)22-19(26)16-11-14(3)24(17-8-6-5-7-15(16)17)12-18(25)23-10-9-21-20(23)27/h5-8,13-14,16H,4,9-12H2,1-3H3,(H,21,27)(H,22,26)/t13-,14-,16-/m0/s1. The summed E-state index contributed by atoms with van der Waals surface area (Å²) in [5.41, 5.74) is 1.84. The average Bonchev–Trinajstić information content (AvgIpc) is 3.09. The van der Waals surface area contributed by atoms with Crippen molar-refractivity contribution in [2.24, 2.45) is 0 Å². The molecule has 4 amide bonds.